The van der Waals surface area contributed by atoms with Crippen molar-refractivity contribution in [2.24, 2.45) is 11.3 Å². The maximum atomic E-state index is 5.91. The van der Waals surface area contributed by atoms with E-state index in [1.807, 2.05) is 6.92 Å². The van der Waals surface area contributed by atoms with Gasteiger partial charge in [0.1, 0.15) is 0 Å². The first-order valence-electron chi connectivity index (χ1n) is 6.57. The van der Waals surface area contributed by atoms with Crippen LogP contribution in [0.5, 0.6) is 0 Å². The summed E-state index contributed by atoms with van der Waals surface area (Å²) in [7, 11) is 0. The molecule has 3 unspecified atom stereocenters. The maximum Gasteiger partial charge on any atom is 0.188 e. The van der Waals surface area contributed by atoms with Crippen LogP contribution < -0.4 is 0 Å². The molecule has 1 rings (SSSR count). The standard InChI is InChI=1S/C15H28O2/c1-10-9-16-15(8,17-10)13(4)11(2)12(3)14(5,6)7/h10,12H,9H2,1-8H3. The van der Waals surface area contributed by atoms with Crippen molar-refractivity contribution in [1.82, 2.24) is 0 Å². The van der Waals surface area contributed by atoms with Crippen LogP contribution in [0.25, 0.3) is 0 Å². The molecule has 0 radical (unpaired) electrons. The van der Waals surface area contributed by atoms with E-state index in [1.54, 1.807) is 0 Å². The van der Waals surface area contributed by atoms with Gasteiger partial charge in [-0.1, -0.05) is 33.3 Å². The highest BCUT2D eigenvalue weighted by Gasteiger charge is 2.39. The van der Waals surface area contributed by atoms with E-state index in [1.165, 1.54) is 11.1 Å². The summed E-state index contributed by atoms with van der Waals surface area (Å²) >= 11 is 0. The van der Waals surface area contributed by atoms with E-state index in [0.29, 0.717) is 12.5 Å². The van der Waals surface area contributed by atoms with E-state index in [9.17, 15) is 0 Å². The zero-order valence-corrected chi connectivity index (χ0v) is 12.7. The average Bonchev–Trinajstić information content (AvgIpc) is 2.55. The third-order valence-corrected chi connectivity index (χ3v) is 4.24. The molecule has 0 bridgehead atoms. The number of allylic oxidation sites excluding steroid dienone is 1. The van der Waals surface area contributed by atoms with Gasteiger partial charge >= 0.3 is 0 Å². The van der Waals surface area contributed by atoms with E-state index < -0.39 is 5.79 Å². The molecule has 0 amide bonds. The molecule has 1 saturated heterocycles. The average molecular weight is 240 g/mol. The van der Waals surface area contributed by atoms with Crippen LogP contribution in [-0.2, 0) is 9.47 Å². The highest BCUT2D eigenvalue weighted by Crippen LogP contribution is 2.38. The Kier molecular flexibility index (Phi) is 4.10. The lowest BCUT2D eigenvalue weighted by atomic mass is 9.76. The van der Waals surface area contributed by atoms with Crippen LogP contribution in [0, 0.1) is 11.3 Å². The Morgan fingerprint density at radius 2 is 1.82 bits per heavy atom. The first-order valence-corrected chi connectivity index (χ1v) is 6.57. The van der Waals surface area contributed by atoms with Crippen LogP contribution in [0.1, 0.15) is 55.4 Å². The summed E-state index contributed by atoms with van der Waals surface area (Å²) in [6.45, 7) is 18.2. The molecule has 3 atom stereocenters. The number of hydrogen-bond acceptors (Lipinski definition) is 2. The summed E-state index contributed by atoms with van der Waals surface area (Å²) in [4.78, 5) is 0. The molecule has 0 N–H and O–H groups in total. The van der Waals surface area contributed by atoms with Gasteiger partial charge in [-0.3, -0.25) is 0 Å². The van der Waals surface area contributed by atoms with Crippen molar-refractivity contribution in [2.45, 2.75) is 67.3 Å². The molecular formula is C15H28O2. The third kappa shape index (κ3) is 3.11. The Balaban J connectivity index is 2.97. The van der Waals surface area contributed by atoms with Gasteiger partial charge in [-0.15, -0.1) is 0 Å². The monoisotopic (exact) mass is 240 g/mol. The van der Waals surface area contributed by atoms with Crippen molar-refractivity contribution in [3.05, 3.63) is 11.1 Å². The van der Waals surface area contributed by atoms with Gasteiger partial charge in [-0.2, -0.15) is 0 Å². The predicted octanol–water partition coefficient (Wildman–Crippen LogP) is 4.16. The van der Waals surface area contributed by atoms with Crippen molar-refractivity contribution in [1.29, 1.82) is 0 Å². The Hall–Kier alpha value is -0.340. The van der Waals surface area contributed by atoms with E-state index in [4.69, 9.17) is 9.47 Å². The molecule has 2 nitrogen and oxygen atoms in total. The first-order chi connectivity index (χ1) is 7.58. The van der Waals surface area contributed by atoms with Crippen LogP contribution >= 0.6 is 0 Å². The van der Waals surface area contributed by atoms with E-state index >= 15 is 0 Å². The topological polar surface area (TPSA) is 18.5 Å². The molecule has 0 aromatic carbocycles. The third-order valence-electron chi connectivity index (χ3n) is 4.24. The fourth-order valence-corrected chi connectivity index (χ4v) is 2.26. The molecule has 1 heterocycles. The summed E-state index contributed by atoms with van der Waals surface area (Å²) in [6, 6.07) is 0. The van der Waals surface area contributed by atoms with Crippen LogP contribution in [0.2, 0.25) is 0 Å². The molecular weight excluding hydrogens is 212 g/mol. The fraction of sp³-hybridized carbons (Fsp3) is 0.867. The van der Waals surface area contributed by atoms with Crippen molar-refractivity contribution in [2.75, 3.05) is 6.61 Å². The van der Waals surface area contributed by atoms with Gasteiger partial charge in [0.2, 0.25) is 0 Å². The van der Waals surface area contributed by atoms with Crippen molar-refractivity contribution >= 4 is 0 Å². The van der Waals surface area contributed by atoms with Crippen molar-refractivity contribution in [3.8, 4) is 0 Å². The molecule has 1 aliphatic rings. The largest absolute Gasteiger partial charge is 0.344 e. The van der Waals surface area contributed by atoms with Gasteiger partial charge in [0.15, 0.2) is 5.79 Å². The van der Waals surface area contributed by atoms with Crippen LogP contribution in [0.3, 0.4) is 0 Å². The lowest BCUT2D eigenvalue weighted by Gasteiger charge is -2.33. The minimum Gasteiger partial charge on any atom is -0.344 e. The second-order valence-corrected chi connectivity index (χ2v) is 6.58. The highest BCUT2D eigenvalue weighted by molar-refractivity contribution is 5.21. The van der Waals surface area contributed by atoms with Gasteiger partial charge < -0.3 is 9.47 Å². The Morgan fingerprint density at radius 1 is 1.29 bits per heavy atom. The summed E-state index contributed by atoms with van der Waals surface area (Å²) in [5.74, 6) is -0.00865. The lowest BCUT2D eigenvalue weighted by molar-refractivity contribution is -0.121. The van der Waals surface area contributed by atoms with Gasteiger partial charge in [0, 0.05) is 0 Å². The molecule has 17 heavy (non-hydrogen) atoms. The normalized spacial score (nSPS) is 33.5. The fourth-order valence-electron chi connectivity index (χ4n) is 2.26. The van der Waals surface area contributed by atoms with E-state index in [2.05, 4.69) is 48.5 Å². The van der Waals surface area contributed by atoms with Gasteiger partial charge in [-0.25, -0.2) is 0 Å². The molecule has 0 aromatic rings. The summed E-state index contributed by atoms with van der Waals surface area (Å²) in [5.41, 5.74) is 2.88. The lowest BCUT2D eigenvalue weighted by Crippen LogP contribution is -2.31. The van der Waals surface area contributed by atoms with Crippen molar-refractivity contribution in [3.63, 3.8) is 0 Å². The maximum absolute atomic E-state index is 5.91. The molecule has 0 spiro atoms. The Labute approximate surface area is 106 Å². The zero-order valence-electron chi connectivity index (χ0n) is 12.7. The number of rotatable bonds is 2. The zero-order chi connectivity index (χ0) is 13.4. The van der Waals surface area contributed by atoms with Gasteiger partial charge in [-0.05, 0) is 44.6 Å². The summed E-state index contributed by atoms with van der Waals surface area (Å²) in [6.07, 6.45) is 0.188. The molecule has 100 valence electrons. The highest BCUT2D eigenvalue weighted by atomic mass is 16.7. The molecule has 1 aliphatic heterocycles. The number of hydrogen-bond donors (Lipinski definition) is 0. The van der Waals surface area contributed by atoms with Crippen molar-refractivity contribution < 1.29 is 9.47 Å². The summed E-state index contributed by atoms with van der Waals surface area (Å²) < 4.78 is 11.7. The quantitative estimate of drug-likeness (QED) is 0.675. The molecule has 0 saturated carbocycles. The number of ether oxygens (including phenoxy) is 2. The SMILES string of the molecule is CC(=C(C)C1(C)OCC(C)O1)C(C)C(C)(C)C. The minimum absolute atomic E-state index is 0.188. The second-order valence-electron chi connectivity index (χ2n) is 6.58. The first kappa shape index (κ1) is 14.7. The molecule has 0 aliphatic carbocycles. The van der Waals surface area contributed by atoms with Crippen LogP contribution in [0.15, 0.2) is 11.1 Å². The minimum atomic E-state index is -0.525. The van der Waals surface area contributed by atoms with Gasteiger partial charge in [0.05, 0.1) is 12.7 Å². The Bertz CT molecular complexity index is 311. The van der Waals surface area contributed by atoms with Crippen LogP contribution in [0.4, 0.5) is 0 Å². The van der Waals surface area contributed by atoms with Crippen LogP contribution in [-0.4, -0.2) is 18.5 Å². The Morgan fingerprint density at radius 3 is 2.18 bits per heavy atom. The van der Waals surface area contributed by atoms with Gasteiger partial charge in [0.25, 0.3) is 0 Å². The molecule has 2 heteroatoms. The second kappa shape index (κ2) is 4.74. The van der Waals surface area contributed by atoms with E-state index in [0.717, 1.165) is 0 Å². The predicted molar refractivity (Wildman–Crippen MR) is 71.9 cm³/mol. The summed E-state index contributed by atoms with van der Waals surface area (Å²) in [5, 5.41) is 0. The molecule has 0 aromatic heterocycles. The van der Waals surface area contributed by atoms with E-state index in [-0.39, 0.29) is 11.5 Å². The smallest absolute Gasteiger partial charge is 0.188 e. The molecule has 1 fully saturated rings.